The Bertz CT molecular complexity index is 814. The smallest absolute Gasteiger partial charge is 0.300 e. The number of carbonyl (C=O) groups excluding carboxylic acids is 1. The predicted molar refractivity (Wildman–Crippen MR) is 91.7 cm³/mol. The molecule has 0 aliphatic carbocycles. The molecule has 2 aromatic heterocycles. The van der Waals surface area contributed by atoms with Crippen LogP contribution in [0.4, 0.5) is 6.01 Å². The number of anilines is 1. The van der Waals surface area contributed by atoms with Crippen LogP contribution in [0.1, 0.15) is 10.4 Å². The molecule has 1 amide bonds. The monoisotopic (exact) mass is 367 g/mol. The second-order valence-electron chi connectivity index (χ2n) is 5.61. The number of fused-ring (bicyclic) bond motifs is 1. The van der Waals surface area contributed by atoms with Crippen molar-refractivity contribution in [3.63, 3.8) is 0 Å². The third-order valence-electron chi connectivity index (χ3n) is 3.70. The first kappa shape index (κ1) is 17.3. The van der Waals surface area contributed by atoms with Crippen molar-refractivity contribution in [3.05, 3.63) is 28.9 Å². The summed E-state index contributed by atoms with van der Waals surface area (Å²) < 4.78 is 11.0. The number of amides is 1. The van der Waals surface area contributed by atoms with Gasteiger partial charge in [-0.25, -0.2) is 4.98 Å². The molecule has 0 bridgehead atoms. The maximum atomic E-state index is 12.4. The van der Waals surface area contributed by atoms with Crippen LogP contribution in [0.3, 0.4) is 0 Å². The molecular weight excluding hydrogens is 350 g/mol. The molecule has 2 aromatic rings. The van der Waals surface area contributed by atoms with E-state index in [4.69, 9.17) is 25.9 Å². The predicted octanol–water partition coefficient (Wildman–Crippen LogP) is 1.36. The van der Waals surface area contributed by atoms with Crippen LogP contribution in [0.5, 0.6) is 0 Å². The number of rotatable bonds is 4. The molecule has 10 heteroatoms. The lowest BCUT2D eigenvalue weighted by atomic mass is 10.2. The quantitative estimate of drug-likeness (QED) is 0.616. The maximum absolute atomic E-state index is 12.4. The van der Waals surface area contributed by atoms with Crippen molar-refractivity contribution in [1.29, 1.82) is 0 Å². The van der Waals surface area contributed by atoms with Crippen molar-refractivity contribution in [2.45, 2.75) is 0 Å². The lowest BCUT2D eigenvalue weighted by Gasteiger charge is -2.24. The average Bonchev–Trinajstić information content (AvgIpc) is 3.02. The van der Waals surface area contributed by atoms with Crippen molar-refractivity contribution in [2.75, 3.05) is 45.3 Å². The van der Waals surface area contributed by atoms with Gasteiger partial charge in [0.25, 0.3) is 11.9 Å². The Morgan fingerprint density at radius 3 is 2.76 bits per heavy atom. The maximum Gasteiger partial charge on any atom is 0.300 e. The van der Waals surface area contributed by atoms with Gasteiger partial charge in [0.05, 0.1) is 18.8 Å². The van der Waals surface area contributed by atoms with Gasteiger partial charge in [-0.15, -0.1) is 0 Å². The molecule has 25 heavy (non-hydrogen) atoms. The highest BCUT2D eigenvalue weighted by atomic mass is 35.5. The molecule has 0 unspecified atom stereocenters. The Hall–Kier alpha value is -2.52. The molecule has 0 aromatic carbocycles. The number of carbonyl (C=O) groups is 1. The summed E-state index contributed by atoms with van der Waals surface area (Å²) >= 11 is 6.12. The molecule has 1 fully saturated rings. The minimum atomic E-state index is -0.516. The molecule has 3 rings (SSSR count). The highest BCUT2D eigenvalue weighted by Crippen LogP contribution is 2.25. The molecule has 9 nitrogen and oxygen atoms in total. The molecule has 0 saturated carbocycles. The molecule has 134 valence electrons. The van der Waals surface area contributed by atoms with Gasteiger partial charge in [0, 0.05) is 33.3 Å². The van der Waals surface area contributed by atoms with E-state index in [0.29, 0.717) is 43.5 Å². The first-order chi connectivity index (χ1) is 12.0. The summed E-state index contributed by atoms with van der Waals surface area (Å²) in [6.45, 7) is 2.53. The van der Waals surface area contributed by atoms with Crippen molar-refractivity contribution in [2.24, 2.45) is 0 Å². The van der Waals surface area contributed by atoms with E-state index < -0.39 is 5.91 Å². The highest BCUT2D eigenvalue weighted by molar-refractivity contribution is 6.33. The van der Waals surface area contributed by atoms with Gasteiger partial charge in [-0.1, -0.05) is 11.6 Å². The Labute approximate surface area is 148 Å². The van der Waals surface area contributed by atoms with Crippen LogP contribution in [0.15, 0.2) is 22.6 Å². The van der Waals surface area contributed by atoms with Crippen molar-refractivity contribution in [1.82, 2.24) is 20.2 Å². The van der Waals surface area contributed by atoms with Gasteiger partial charge < -0.3 is 29.4 Å². The lowest BCUT2D eigenvalue weighted by molar-refractivity contribution is 0.0953. The van der Waals surface area contributed by atoms with Gasteiger partial charge in [-0.05, 0) is 0 Å². The average molecular weight is 368 g/mol. The van der Waals surface area contributed by atoms with E-state index in [2.05, 4.69) is 15.3 Å². The Balaban J connectivity index is 1.89. The molecule has 0 spiro atoms. The van der Waals surface area contributed by atoms with Crippen LogP contribution < -0.4 is 10.2 Å². The zero-order valence-corrected chi connectivity index (χ0v) is 14.6. The number of ether oxygens (including phenoxy) is 1. The molecule has 0 atom stereocenters. The summed E-state index contributed by atoms with van der Waals surface area (Å²) in [6, 6.07) is 1.91. The fourth-order valence-corrected chi connectivity index (χ4v) is 2.54. The number of oxazole rings is 1. The topological polar surface area (TPSA) is 104 Å². The van der Waals surface area contributed by atoms with Crippen LogP contribution in [-0.2, 0) is 4.74 Å². The normalized spacial score (nSPS) is 15.5. The first-order valence-corrected chi connectivity index (χ1v) is 8.00. The van der Waals surface area contributed by atoms with Gasteiger partial charge in [-0.2, -0.15) is 4.98 Å². The zero-order chi connectivity index (χ0) is 18.0. The minimum absolute atomic E-state index is 0.00266. The Morgan fingerprint density at radius 1 is 1.40 bits per heavy atom. The second kappa shape index (κ2) is 7.16. The standard InChI is InChI=1S/C15H18ClN5O4/c1-20(2)11(8-22)17-14(23)9-7-10-13(18-12(9)16)19-15(25-10)21-3-5-24-6-4-21/h7-8,22H,3-6H2,1-2H3,(H,17,23)/b11-8-. The van der Waals surface area contributed by atoms with Gasteiger partial charge in [0.15, 0.2) is 5.58 Å². The van der Waals surface area contributed by atoms with Crippen molar-refractivity contribution in [3.8, 4) is 0 Å². The molecule has 0 radical (unpaired) electrons. The van der Waals surface area contributed by atoms with Gasteiger partial charge in [0.1, 0.15) is 17.2 Å². The highest BCUT2D eigenvalue weighted by Gasteiger charge is 2.21. The second-order valence-corrected chi connectivity index (χ2v) is 5.97. The molecule has 2 N–H and O–H groups in total. The molecule has 3 heterocycles. The van der Waals surface area contributed by atoms with E-state index in [0.717, 1.165) is 6.26 Å². The number of halogens is 1. The van der Waals surface area contributed by atoms with Crippen LogP contribution in [0.2, 0.25) is 5.15 Å². The number of aliphatic hydroxyl groups excluding tert-OH is 1. The van der Waals surface area contributed by atoms with Crippen LogP contribution in [0, 0.1) is 0 Å². The summed E-state index contributed by atoms with van der Waals surface area (Å²) in [5.74, 6) is -0.300. The summed E-state index contributed by atoms with van der Waals surface area (Å²) in [6.07, 6.45) is 0.794. The van der Waals surface area contributed by atoms with Gasteiger partial charge >= 0.3 is 0 Å². The van der Waals surface area contributed by atoms with Gasteiger partial charge in [-0.3, -0.25) is 4.79 Å². The van der Waals surface area contributed by atoms with Crippen LogP contribution in [-0.4, -0.2) is 66.3 Å². The van der Waals surface area contributed by atoms with E-state index in [-0.39, 0.29) is 16.5 Å². The summed E-state index contributed by atoms with van der Waals surface area (Å²) in [4.78, 5) is 24.3. The number of hydrogen-bond acceptors (Lipinski definition) is 8. The van der Waals surface area contributed by atoms with Gasteiger partial charge in [0.2, 0.25) is 5.65 Å². The van der Waals surface area contributed by atoms with E-state index in [1.807, 2.05) is 4.90 Å². The summed E-state index contributed by atoms with van der Waals surface area (Å²) in [7, 11) is 3.35. The number of pyridine rings is 1. The largest absolute Gasteiger partial charge is 0.512 e. The molecule has 1 aliphatic rings. The molecule has 1 saturated heterocycles. The summed E-state index contributed by atoms with van der Waals surface area (Å²) in [5, 5.41) is 11.7. The van der Waals surface area contributed by atoms with Crippen LogP contribution in [0.25, 0.3) is 11.2 Å². The van der Waals surface area contributed by atoms with E-state index in [1.54, 1.807) is 19.0 Å². The number of nitrogens with one attached hydrogen (secondary N) is 1. The Kier molecular flexibility index (Phi) is 4.95. The van der Waals surface area contributed by atoms with Crippen LogP contribution >= 0.6 is 11.6 Å². The Morgan fingerprint density at radius 2 is 2.12 bits per heavy atom. The third kappa shape index (κ3) is 3.62. The zero-order valence-electron chi connectivity index (χ0n) is 13.8. The number of nitrogens with zero attached hydrogens (tertiary/aromatic N) is 4. The number of morpholine rings is 1. The third-order valence-corrected chi connectivity index (χ3v) is 3.98. The molecular formula is C15H18ClN5O4. The lowest BCUT2D eigenvalue weighted by Crippen LogP contribution is -2.36. The fraction of sp³-hybridized carbons (Fsp3) is 0.400. The first-order valence-electron chi connectivity index (χ1n) is 7.62. The number of hydrogen-bond donors (Lipinski definition) is 2. The summed E-state index contributed by atoms with van der Waals surface area (Å²) in [5.41, 5.74) is 0.809. The number of aromatic nitrogens is 2. The van der Waals surface area contributed by atoms with Crippen molar-refractivity contribution < 1.29 is 19.1 Å². The van der Waals surface area contributed by atoms with E-state index in [9.17, 15) is 4.79 Å². The fourth-order valence-electron chi connectivity index (χ4n) is 2.32. The minimum Gasteiger partial charge on any atom is -0.512 e. The number of aliphatic hydroxyl groups is 1. The van der Waals surface area contributed by atoms with E-state index in [1.165, 1.54) is 6.07 Å². The van der Waals surface area contributed by atoms with Crippen molar-refractivity contribution >= 4 is 34.8 Å². The SMILES string of the molecule is CN(C)/C(=C\O)NC(=O)c1cc2oc(N3CCOCC3)nc2nc1Cl. The van der Waals surface area contributed by atoms with E-state index >= 15 is 0 Å². The molecule has 1 aliphatic heterocycles.